The van der Waals surface area contributed by atoms with Gasteiger partial charge in [-0.1, -0.05) is 42.1 Å². The number of benzene rings is 3. The van der Waals surface area contributed by atoms with E-state index in [1.165, 1.54) is 17.8 Å². The molecule has 0 saturated heterocycles. The molecule has 142 valence electrons. The molecule has 3 aromatic carbocycles. The van der Waals surface area contributed by atoms with Crippen molar-refractivity contribution in [2.24, 2.45) is 0 Å². The molecule has 2 heterocycles. The molecule has 29 heavy (non-hydrogen) atoms. The van der Waals surface area contributed by atoms with Gasteiger partial charge in [-0.2, -0.15) is 4.68 Å². The van der Waals surface area contributed by atoms with Crippen LogP contribution >= 0.6 is 11.8 Å². The molecule has 0 bridgehead atoms. The first-order valence-electron chi connectivity index (χ1n) is 8.84. The van der Waals surface area contributed by atoms with Crippen molar-refractivity contribution in [1.82, 2.24) is 20.2 Å². The Hall–Kier alpha value is -3.65. The molecule has 0 fully saturated rings. The highest BCUT2D eigenvalue weighted by Gasteiger charge is 2.13. The lowest BCUT2D eigenvalue weighted by atomic mass is 10.0. The Labute approximate surface area is 168 Å². The third-order valence-corrected chi connectivity index (χ3v) is 5.57. The number of tetrazole rings is 1. The summed E-state index contributed by atoms with van der Waals surface area (Å²) in [6, 6.07) is 19.9. The number of fused-ring (bicyclic) bond motifs is 3. The molecule has 0 spiro atoms. The maximum Gasteiger partial charge on any atom is 0.336 e. The summed E-state index contributed by atoms with van der Waals surface area (Å²) in [6.45, 7) is 0. The van der Waals surface area contributed by atoms with E-state index in [-0.39, 0.29) is 11.4 Å². The van der Waals surface area contributed by atoms with Crippen LogP contribution in [-0.4, -0.2) is 25.3 Å². The zero-order valence-corrected chi connectivity index (χ0v) is 15.8. The monoisotopic (exact) mass is 402 g/mol. The summed E-state index contributed by atoms with van der Waals surface area (Å²) >= 11 is 1.42. The van der Waals surface area contributed by atoms with E-state index in [0.29, 0.717) is 16.5 Å². The lowest BCUT2D eigenvalue weighted by Gasteiger charge is -2.09. The van der Waals surface area contributed by atoms with Gasteiger partial charge in [0, 0.05) is 17.2 Å². The van der Waals surface area contributed by atoms with Gasteiger partial charge in [-0.15, -0.1) is 5.10 Å². The van der Waals surface area contributed by atoms with Crippen LogP contribution in [0.5, 0.6) is 5.75 Å². The fraction of sp³-hybridized carbons (Fsp3) is 0.0476. The molecule has 0 radical (unpaired) electrons. The van der Waals surface area contributed by atoms with Crippen molar-refractivity contribution in [3.05, 3.63) is 82.7 Å². The lowest BCUT2D eigenvalue weighted by Crippen LogP contribution is -2.02. The zero-order valence-electron chi connectivity index (χ0n) is 15.0. The second-order valence-corrected chi connectivity index (χ2v) is 7.37. The first kappa shape index (κ1) is 17.4. The van der Waals surface area contributed by atoms with E-state index in [9.17, 15) is 9.90 Å². The fourth-order valence-corrected chi connectivity index (χ4v) is 4.17. The Kier molecular flexibility index (Phi) is 4.25. The molecule has 0 atom stereocenters. The Balaban J connectivity index is 1.55. The third-order valence-electron chi connectivity index (χ3n) is 4.61. The van der Waals surface area contributed by atoms with Crippen molar-refractivity contribution < 1.29 is 9.52 Å². The molecule has 0 unspecified atom stereocenters. The van der Waals surface area contributed by atoms with Crippen LogP contribution < -0.4 is 5.63 Å². The van der Waals surface area contributed by atoms with Gasteiger partial charge in [0.1, 0.15) is 11.3 Å². The molecule has 8 heteroatoms. The molecule has 5 aromatic rings. The Bertz CT molecular complexity index is 1390. The third kappa shape index (κ3) is 3.23. The average Bonchev–Trinajstić information content (AvgIpc) is 3.20. The Morgan fingerprint density at radius 1 is 1.03 bits per heavy atom. The average molecular weight is 402 g/mol. The van der Waals surface area contributed by atoms with Crippen molar-refractivity contribution >= 4 is 33.5 Å². The highest BCUT2D eigenvalue weighted by Crippen LogP contribution is 2.31. The molecule has 2 aromatic heterocycles. The predicted molar refractivity (Wildman–Crippen MR) is 110 cm³/mol. The minimum atomic E-state index is -0.387. The van der Waals surface area contributed by atoms with Crippen molar-refractivity contribution in [2.75, 3.05) is 0 Å². The molecule has 1 N–H and O–H groups in total. The van der Waals surface area contributed by atoms with Gasteiger partial charge >= 0.3 is 5.63 Å². The number of aromatic nitrogens is 4. The summed E-state index contributed by atoms with van der Waals surface area (Å²) in [5.41, 5.74) is 1.77. The van der Waals surface area contributed by atoms with Crippen molar-refractivity contribution in [3.63, 3.8) is 0 Å². The Morgan fingerprint density at radius 3 is 2.72 bits per heavy atom. The normalized spacial score (nSPS) is 11.3. The molecule has 5 rings (SSSR count). The maximum atomic E-state index is 12.1. The number of hydrogen-bond acceptors (Lipinski definition) is 7. The van der Waals surface area contributed by atoms with E-state index in [1.54, 1.807) is 28.9 Å². The number of rotatable bonds is 4. The molecular formula is C21H14N4O3S. The predicted octanol–water partition coefficient (Wildman–Crippen LogP) is 3.92. The summed E-state index contributed by atoms with van der Waals surface area (Å²) in [5.74, 6) is 0.666. The second-order valence-electron chi connectivity index (χ2n) is 6.43. The minimum absolute atomic E-state index is 0.172. The van der Waals surface area contributed by atoms with Crippen LogP contribution in [0, 0.1) is 0 Å². The molecule has 0 aliphatic rings. The topological polar surface area (TPSA) is 94.0 Å². The quantitative estimate of drug-likeness (QED) is 0.277. The zero-order chi connectivity index (χ0) is 19.8. The van der Waals surface area contributed by atoms with Gasteiger partial charge < -0.3 is 9.52 Å². The highest BCUT2D eigenvalue weighted by atomic mass is 32.2. The van der Waals surface area contributed by atoms with Crippen LogP contribution in [0.25, 0.3) is 27.4 Å². The summed E-state index contributed by atoms with van der Waals surface area (Å²) in [5, 5.41) is 25.0. The van der Waals surface area contributed by atoms with Gasteiger partial charge in [0.15, 0.2) is 0 Å². The van der Waals surface area contributed by atoms with E-state index >= 15 is 0 Å². The van der Waals surface area contributed by atoms with Crippen molar-refractivity contribution in [1.29, 1.82) is 0 Å². The van der Waals surface area contributed by atoms with Crippen molar-refractivity contribution in [3.8, 4) is 11.4 Å². The number of thioether (sulfide) groups is 1. The molecule has 0 saturated carbocycles. The van der Waals surface area contributed by atoms with Gasteiger partial charge in [0.2, 0.25) is 5.16 Å². The molecule has 0 aliphatic carbocycles. The van der Waals surface area contributed by atoms with Crippen LogP contribution in [0.1, 0.15) is 5.56 Å². The summed E-state index contributed by atoms with van der Waals surface area (Å²) in [7, 11) is 0. The van der Waals surface area contributed by atoms with E-state index in [4.69, 9.17) is 4.42 Å². The molecular weight excluding hydrogens is 388 g/mol. The second kappa shape index (κ2) is 7.06. The number of nitrogens with zero attached hydrogens (tertiary/aromatic N) is 4. The van der Waals surface area contributed by atoms with E-state index in [2.05, 4.69) is 15.5 Å². The van der Waals surface area contributed by atoms with E-state index in [1.807, 2.05) is 36.4 Å². The first-order chi connectivity index (χ1) is 14.2. The number of phenolic OH excluding ortho intramolecular Hbond substituents is 1. The van der Waals surface area contributed by atoms with Crippen LogP contribution in [0.3, 0.4) is 0 Å². The molecule has 0 aliphatic heterocycles. The Morgan fingerprint density at radius 2 is 1.86 bits per heavy atom. The molecule has 0 amide bonds. The standard InChI is InChI=1S/C21H14N4O3S/c26-16-8-6-15(7-9-16)25-21(22-23-24-25)29-12-14-11-19(27)28-18-10-5-13-3-1-2-4-17(13)20(14)18/h1-11,26H,12H2. The van der Waals surface area contributed by atoms with E-state index in [0.717, 1.165) is 27.4 Å². The van der Waals surface area contributed by atoms with Gasteiger partial charge in [0.05, 0.1) is 5.69 Å². The van der Waals surface area contributed by atoms with Crippen LogP contribution in [0.4, 0.5) is 0 Å². The smallest absolute Gasteiger partial charge is 0.336 e. The number of phenols is 1. The molecule has 7 nitrogen and oxygen atoms in total. The van der Waals surface area contributed by atoms with Gasteiger partial charge in [-0.05, 0) is 57.1 Å². The van der Waals surface area contributed by atoms with Crippen LogP contribution in [0.15, 0.2) is 81.1 Å². The highest BCUT2D eigenvalue weighted by molar-refractivity contribution is 7.98. The minimum Gasteiger partial charge on any atom is -0.508 e. The van der Waals surface area contributed by atoms with Crippen LogP contribution in [0.2, 0.25) is 0 Å². The SMILES string of the molecule is O=c1cc(CSc2nnnn2-c2ccc(O)cc2)c2c(ccc3ccccc32)o1. The summed E-state index contributed by atoms with van der Waals surface area (Å²) in [4.78, 5) is 12.1. The van der Waals surface area contributed by atoms with Crippen molar-refractivity contribution in [2.45, 2.75) is 10.9 Å². The fourth-order valence-electron chi connectivity index (χ4n) is 3.30. The lowest BCUT2D eigenvalue weighted by molar-refractivity contribution is 0.475. The van der Waals surface area contributed by atoms with Gasteiger partial charge in [-0.3, -0.25) is 0 Å². The number of aromatic hydroxyl groups is 1. The summed E-state index contributed by atoms with van der Waals surface area (Å²) in [6.07, 6.45) is 0. The van der Waals surface area contributed by atoms with Gasteiger partial charge in [-0.25, -0.2) is 4.79 Å². The summed E-state index contributed by atoms with van der Waals surface area (Å²) < 4.78 is 7.01. The van der Waals surface area contributed by atoms with Crippen LogP contribution in [-0.2, 0) is 5.75 Å². The maximum absolute atomic E-state index is 12.1. The van der Waals surface area contributed by atoms with E-state index < -0.39 is 0 Å². The largest absolute Gasteiger partial charge is 0.508 e. The first-order valence-corrected chi connectivity index (χ1v) is 9.83. The number of hydrogen-bond donors (Lipinski definition) is 1. The van der Waals surface area contributed by atoms with Gasteiger partial charge in [0.25, 0.3) is 0 Å².